The van der Waals surface area contributed by atoms with Crippen LogP contribution >= 0.6 is 0 Å². The Morgan fingerprint density at radius 1 is 1.19 bits per heavy atom. The lowest BCUT2D eigenvalue weighted by molar-refractivity contribution is 0.0695. The van der Waals surface area contributed by atoms with Crippen molar-refractivity contribution in [3.63, 3.8) is 0 Å². The summed E-state index contributed by atoms with van der Waals surface area (Å²) in [6, 6.07) is 3.19. The molecule has 0 radical (unpaired) electrons. The molecule has 0 spiro atoms. The van der Waals surface area contributed by atoms with Crippen molar-refractivity contribution >= 4 is 5.97 Å². The number of aromatic carboxylic acids is 1. The van der Waals surface area contributed by atoms with Gasteiger partial charge in [-0.2, -0.15) is 0 Å². The Balaban J connectivity index is 2.25. The molecule has 2 rings (SSSR count). The molecule has 0 saturated heterocycles. The van der Waals surface area contributed by atoms with E-state index in [4.69, 9.17) is 4.74 Å². The molecule has 0 bridgehead atoms. The second-order valence-corrected chi connectivity index (χ2v) is 6.87. The minimum absolute atomic E-state index is 0.164. The summed E-state index contributed by atoms with van der Waals surface area (Å²) in [7, 11) is 0. The molecule has 4 heteroatoms. The average Bonchev–Trinajstić information content (AvgIpc) is 2.66. The number of aromatic nitrogens is 1. The van der Waals surface area contributed by atoms with Crippen LogP contribution in [-0.2, 0) is 5.41 Å². The van der Waals surface area contributed by atoms with Crippen LogP contribution in [0.5, 0.6) is 5.88 Å². The van der Waals surface area contributed by atoms with Gasteiger partial charge in [0.05, 0.1) is 11.3 Å². The second-order valence-electron chi connectivity index (χ2n) is 6.87. The lowest BCUT2D eigenvalue weighted by Gasteiger charge is -2.21. The summed E-state index contributed by atoms with van der Waals surface area (Å²) in [6.45, 7) is 6.07. The minimum Gasteiger partial charge on any atom is -0.478 e. The molecule has 1 N–H and O–H groups in total. The summed E-state index contributed by atoms with van der Waals surface area (Å²) in [5.74, 6) is -0.486. The number of carbonyl (C=O) groups is 1. The van der Waals surface area contributed by atoms with Crippen molar-refractivity contribution in [2.45, 2.75) is 70.8 Å². The van der Waals surface area contributed by atoms with E-state index in [0.717, 1.165) is 18.5 Å². The number of hydrogen-bond donors (Lipinski definition) is 1. The molecule has 1 fully saturated rings. The summed E-state index contributed by atoms with van der Waals surface area (Å²) >= 11 is 0. The van der Waals surface area contributed by atoms with E-state index in [1.807, 2.05) is 20.8 Å². The van der Waals surface area contributed by atoms with Gasteiger partial charge in [-0.15, -0.1) is 0 Å². The monoisotopic (exact) mass is 291 g/mol. The normalized spacial score (nSPS) is 17.3. The zero-order valence-corrected chi connectivity index (χ0v) is 13.2. The fourth-order valence-electron chi connectivity index (χ4n) is 2.60. The van der Waals surface area contributed by atoms with Crippen LogP contribution in [0, 0.1) is 0 Å². The Kier molecular flexibility index (Phi) is 4.86. The maximum atomic E-state index is 11.3. The quantitative estimate of drug-likeness (QED) is 0.849. The van der Waals surface area contributed by atoms with Crippen LogP contribution in [0.25, 0.3) is 0 Å². The summed E-state index contributed by atoms with van der Waals surface area (Å²) in [6.07, 6.45) is 7.10. The van der Waals surface area contributed by atoms with Crippen LogP contribution in [0.1, 0.15) is 75.3 Å². The fraction of sp³-hybridized carbons (Fsp3) is 0.647. The highest BCUT2D eigenvalue weighted by molar-refractivity contribution is 5.88. The van der Waals surface area contributed by atoms with E-state index in [-0.39, 0.29) is 17.1 Å². The first-order valence-electron chi connectivity index (χ1n) is 7.79. The first kappa shape index (κ1) is 15.8. The fourth-order valence-corrected chi connectivity index (χ4v) is 2.60. The molecular formula is C17H25NO3. The number of nitrogens with zero attached hydrogens (tertiary/aromatic N) is 1. The van der Waals surface area contributed by atoms with E-state index in [2.05, 4.69) is 4.98 Å². The van der Waals surface area contributed by atoms with Gasteiger partial charge in [-0.25, -0.2) is 9.78 Å². The third-order valence-corrected chi connectivity index (χ3v) is 3.91. The minimum atomic E-state index is -0.936. The number of ether oxygens (including phenoxy) is 1. The van der Waals surface area contributed by atoms with Gasteiger partial charge < -0.3 is 9.84 Å². The summed E-state index contributed by atoms with van der Waals surface area (Å²) in [4.78, 5) is 15.8. The maximum absolute atomic E-state index is 11.3. The third-order valence-electron chi connectivity index (χ3n) is 3.91. The van der Waals surface area contributed by atoms with Crippen LogP contribution in [0.4, 0.5) is 0 Å². The molecule has 21 heavy (non-hydrogen) atoms. The van der Waals surface area contributed by atoms with E-state index in [9.17, 15) is 9.90 Å². The number of pyridine rings is 1. The molecule has 1 saturated carbocycles. The maximum Gasteiger partial charge on any atom is 0.335 e. The van der Waals surface area contributed by atoms with Gasteiger partial charge in [-0.3, -0.25) is 0 Å². The molecule has 1 heterocycles. The second kappa shape index (κ2) is 6.46. The van der Waals surface area contributed by atoms with E-state index < -0.39 is 5.97 Å². The first-order chi connectivity index (χ1) is 9.86. The molecule has 0 unspecified atom stereocenters. The molecular weight excluding hydrogens is 266 g/mol. The van der Waals surface area contributed by atoms with Crippen LogP contribution in [0.15, 0.2) is 12.1 Å². The molecule has 0 atom stereocenters. The third kappa shape index (κ3) is 4.45. The standard InChI is InChI=1S/C17H25NO3/c1-17(2,3)14-10-12(16(19)20)11-15(18-14)21-13-8-6-4-5-7-9-13/h10-11,13H,4-9H2,1-3H3,(H,19,20). The van der Waals surface area contributed by atoms with Crippen molar-refractivity contribution in [3.05, 3.63) is 23.4 Å². The summed E-state index contributed by atoms with van der Waals surface area (Å²) < 4.78 is 5.99. The number of carboxylic acids is 1. The highest BCUT2D eigenvalue weighted by atomic mass is 16.5. The molecule has 4 nitrogen and oxygen atoms in total. The lowest BCUT2D eigenvalue weighted by atomic mass is 9.91. The Bertz CT molecular complexity index is 497. The molecule has 0 aliphatic heterocycles. The van der Waals surface area contributed by atoms with Crippen molar-refractivity contribution in [1.29, 1.82) is 0 Å². The highest BCUT2D eigenvalue weighted by Crippen LogP contribution is 2.27. The predicted octanol–water partition coefficient (Wildman–Crippen LogP) is 4.18. The molecule has 1 aromatic rings. The number of carboxylic acid groups (broad SMARTS) is 1. The zero-order chi connectivity index (χ0) is 15.5. The largest absolute Gasteiger partial charge is 0.478 e. The Morgan fingerprint density at radius 3 is 2.33 bits per heavy atom. The summed E-state index contributed by atoms with van der Waals surface area (Å²) in [5.41, 5.74) is 0.803. The van der Waals surface area contributed by atoms with Gasteiger partial charge in [0, 0.05) is 11.5 Å². The van der Waals surface area contributed by atoms with Crippen molar-refractivity contribution in [3.8, 4) is 5.88 Å². The van der Waals surface area contributed by atoms with Crippen molar-refractivity contribution < 1.29 is 14.6 Å². The van der Waals surface area contributed by atoms with E-state index in [0.29, 0.717) is 5.88 Å². The lowest BCUT2D eigenvalue weighted by Crippen LogP contribution is -2.19. The molecule has 116 valence electrons. The Labute approximate surface area is 126 Å². The Hall–Kier alpha value is -1.58. The van der Waals surface area contributed by atoms with Crippen LogP contribution < -0.4 is 4.74 Å². The van der Waals surface area contributed by atoms with E-state index in [1.165, 1.54) is 25.7 Å². The van der Waals surface area contributed by atoms with Crippen molar-refractivity contribution in [1.82, 2.24) is 4.98 Å². The topological polar surface area (TPSA) is 59.4 Å². The molecule has 1 aliphatic carbocycles. The highest BCUT2D eigenvalue weighted by Gasteiger charge is 2.21. The average molecular weight is 291 g/mol. The zero-order valence-electron chi connectivity index (χ0n) is 13.2. The molecule has 1 aromatic heterocycles. The van der Waals surface area contributed by atoms with Gasteiger partial charge in [0.25, 0.3) is 0 Å². The van der Waals surface area contributed by atoms with Gasteiger partial charge >= 0.3 is 5.97 Å². The van der Waals surface area contributed by atoms with Crippen LogP contribution in [-0.4, -0.2) is 22.2 Å². The Morgan fingerprint density at radius 2 is 1.81 bits per heavy atom. The predicted molar refractivity (Wildman–Crippen MR) is 82.0 cm³/mol. The van der Waals surface area contributed by atoms with E-state index >= 15 is 0 Å². The number of hydrogen-bond acceptors (Lipinski definition) is 3. The smallest absolute Gasteiger partial charge is 0.335 e. The van der Waals surface area contributed by atoms with Gasteiger partial charge in [0.1, 0.15) is 6.10 Å². The summed E-state index contributed by atoms with van der Waals surface area (Å²) in [5, 5.41) is 9.27. The van der Waals surface area contributed by atoms with Crippen molar-refractivity contribution in [2.75, 3.05) is 0 Å². The van der Waals surface area contributed by atoms with E-state index in [1.54, 1.807) is 12.1 Å². The van der Waals surface area contributed by atoms with Gasteiger partial charge in [-0.1, -0.05) is 33.6 Å². The molecule has 0 amide bonds. The van der Waals surface area contributed by atoms with Gasteiger partial charge in [-0.05, 0) is 31.7 Å². The number of rotatable bonds is 3. The van der Waals surface area contributed by atoms with Gasteiger partial charge in [0.15, 0.2) is 0 Å². The van der Waals surface area contributed by atoms with Crippen LogP contribution in [0.2, 0.25) is 0 Å². The SMILES string of the molecule is CC(C)(C)c1cc(C(=O)O)cc(OC2CCCCCC2)n1. The molecule has 0 aromatic carbocycles. The van der Waals surface area contributed by atoms with Gasteiger partial charge in [0.2, 0.25) is 5.88 Å². The molecule has 1 aliphatic rings. The van der Waals surface area contributed by atoms with Crippen molar-refractivity contribution in [2.24, 2.45) is 0 Å². The van der Waals surface area contributed by atoms with Crippen LogP contribution in [0.3, 0.4) is 0 Å². The first-order valence-corrected chi connectivity index (χ1v) is 7.79.